The van der Waals surface area contributed by atoms with Crippen LogP contribution in [0, 0.1) is 17.5 Å². The van der Waals surface area contributed by atoms with Crippen molar-refractivity contribution in [2.75, 3.05) is 13.3 Å². The highest BCUT2D eigenvalue weighted by Crippen LogP contribution is 2.24. The molecular formula is C15H14F3NO2S2. The summed E-state index contributed by atoms with van der Waals surface area (Å²) in [4.78, 5) is 0.130. The highest BCUT2D eigenvalue weighted by molar-refractivity contribution is 7.98. The lowest BCUT2D eigenvalue weighted by Gasteiger charge is -2.18. The van der Waals surface area contributed by atoms with Gasteiger partial charge in [-0.15, -0.1) is 11.8 Å². The first-order valence-corrected chi connectivity index (χ1v) is 9.16. The number of hydrogen-bond donors (Lipinski definition) is 0. The molecule has 2 aromatic rings. The van der Waals surface area contributed by atoms with Crippen molar-refractivity contribution in [3.8, 4) is 0 Å². The van der Waals surface area contributed by atoms with Gasteiger partial charge in [-0.05, 0) is 36.1 Å². The van der Waals surface area contributed by atoms with Crippen molar-refractivity contribution < 1.29 is 21.6 Å². The zero-order valence-electron chi connectivity index (χ0n) is 12.4. The predicted molar refractivity (Wildman–Crippen MR) is 83.2 cm³/mol. The molecule has 0 aliphatic carbocycles. The topological polar surface area (TPSA) is 37.4 Å². The van der Waals surface area contributed by atoms with Crippen LogP contribution in [0.4, 0.5) is 13.2 Å². The average Bonchev–Trinajstić information content (AvgIpc) is 2.53. The number of rotatable bonds is 5. The summed E-state index contributed by atoms with van der Waals surface area (Å²) in [6, 6.07) is 8.47. The number of halogens is 3. The smallest absolute Gasteiger partial charge is 0.207 e. The van der Waals surface area contributed by atoms with Crippen LogP contribution < -0.4 is 0 Å². The molecule has 2 rings (SSSR count). The fraction of sp³-hybridized carbons (Fsp3) is 0.200. The van der Waals surface area contributed by atoms with Crippen LogP contribution in [0.3, 0.4) is 0 Å². The van der Waals surface area contributed by atoms with Crippen LogP contribution in [0.15, 0.2) is 46.2 Å². The molecule has 0 saturated carbocycles. The van der Waals surface area contributed by atoms with Gasteiger partial charge >= 0.3 is 0 Å². The third-order valence-electron chi connectivity index (χ3n) is 3.25. The highest BCUT2D eigenvalue weighted by atomic mass is 32.2. The summed E-state index contributed by atoms with van der Waals surface area (Å²) in [5.74, 6) is -4.95. The van der Waals surface area contributed by atoms with Crippen LogP contribution in [0.2, 0.25) is 0 Å². The molecule has 0 aliphatic rings. The second kappa shape index (κ2) is 6.94. The van der Waals surface area contributed by atoms with Gasteiger partial charge in [-0.1, -0.05) is 12.1 Å². The van der Waals surface area contributed by atoms with E-state index in [1.54, 1.807) is 23.9 Å². The van der Waals surface area contributed by atoms with E-state index in [9.17, 15) is 21.6 Å². The molecule has 0 fully saturated rings. The van der Waals surface area contributed by atoms with Crippen LogP contribution >= 0.6 is 11.8 Å². The van der Waals surface area contributed by atoms with Crippen molar-refractivity contribution in [3.05, 3.63) is 59.4 Å². The van der Waals surface area contributed by atoms with E-state index < -0.39 is 32.4 Å². The van der Waals surface area contributed by atoms with E-state index in [0.29, 0.717) is 11.6 Å². The van der Waals surface area contributed by atoms with Crippen LogP contribution in [-0.4, -0.2) is 26.0 Å². The third-order valence-corrected chi connectivity index (χ3v) is 5.82. The highest BCUT2D eigenvalue weighted by Gasteiger charge is 2.27. The molecule has 0 aromatic heterocycles. The number of nitrogens with zero attached hydrogens (tertiary/aromatic N) is 1. The minimum absolute atomic E-state index is 0.0184. The fourth-order valence-corrected chi connectivity index (χ4v) is 3.57. The van der Waals surface area contributed by atoms with Gasteiger partial charge in [0.05, 0.1) is 0 Å². The van der Waals surface area contributed by atoms with Gasteiger partial charge in [-0.25, -0.2) is 21.6 Å². The molecule has 124 valence electrons. The standard InChI is InChI=1S/C15H14F3NO2S2/c1-19(9-10-3-5-11(22-2)6-4-10)23(20,21)13-8-7-12(16)14(17)15(13)18/h3-8H,9H2,1-2H3. The Balaban J connectivity index is 2.30. The number of benzene rings is 2. The van der Waals surface area contributed by atoms with Crippen LogP contribution in [0.25, 0.3) is 0 Å². The normalized spacial score (nSPS) is 11.9. The Hall–Kier alpha value is -1.51. The Kier molecular flexibility index (Phi) is 5.38. The van der Waals surface area contributed by atoms with E-state index in [0.717, 1.165) is 15.3 Å². The maximum absolute atomic E-state index is 13.7. The molecule has 0 heterocycles. The second-order valence-electron chi connectivity index (χ2n) is 4.78. The summed E-state index contributed by atoms with van der Waals surface area (Å²) >= 11 is 1.55. The van der Waals surface area contributed by atoms with Crippen molar-refractivity contribution in [2.45, 2.75) is 16.3 Å². The lowest BCUT2D eigenvalue weighted by atomic mass is 10.2. The summed E-state index contributed by atoms with van der Waals surface area (Å²) in [6.07, 6.45) is 1.91. The van der Waals surface area contributed by atoms with E-state index in [2.05, 4.69) is 0 Å². The Bertz CT molecular complexity index is 808. The molecular weight excluding hydrogens is 347 g/mol. The Morgan fingerprint density at radius 3 is 2.17 bits per heavy atom. The Labute approximate surface area is 137 Å². The van der Waals surface area contributed by atoms with Crippen molar-refractivity contribution in [3.63, 3.8) is 0 Å². The maximum Gasteiger partial charge on any atom is 0.246 e. The van der Waals surface area contributed by atoms with Crippen LogP contribution in [-0.2, 0) is 16.6 Å². The minimum atomic E-state index is -4.28. The van der Waals surface area contributed by atoms with E-state index in [-0.39, 0.29) is 6.54 Å². The molecule has 2 aromatic carbocycles. The van der Waals surface area contributed by atoms with Crippen LogP contribution in [0.1, 0.15) is 5.56 Å². The molecule has 0 spiro atoms. The molecule has 0 saturated heterocycles. The Morgan fingerprint density at radius 2 is 1.61 bits per heavy atom. The van der Waals surface area contributed by atoms with Gasteiger partial charge in [0, 0.05) is 18.5 Å². The molecule has 0 aliphatic heterocycles. The van der Waals surface area contributed by atoms with Crippen molar-refractivity contribution in [1.29, 1.82) is 0 Å². The molecule has 0 N–H and O–H groups in total. The maximum atomic E-state index is 13.7. The quantitative estimate of drug-likeness (QED) is 0.603. The summed E-state index contributed by atoms with van der Waals surface area (Å²) < 4.78 is 65.5. The van der Waals surface area contributed by atoms with Gasteiger partial charge in [0.1, 0.15) is 4.90 Å². The lowest BCUT2D eigenvalue weighted by molar-refractivity contribution is 0.421. The predicted octanol–water partition coefficient (Wildman–Crippen LogP) is 3.65. The van der Waals surface area contributed by atoms with Crippen molar-refractivity contribution in [1.82, 2.24) is 4.31 Å². The lowest BCUT2D eigenvalue weighted by Crippen LogP contribution is -2.27. The first kappa shape index (κ1) is 17.8. The van der Waals surface area contributed by atoms with Crippen molar-refractivity contribution in [2.24, 2.45) is 0 Å². The summed E-state index contributed by atoms with van der Waals surface area (Å²) in [6.45, 7) is -0.0184. The van der Waals surface area contributed by atoms with E-state index in [4.69, 9.17) is 0 Å². The van der Waals surface area contributed by atoms with Gasteiger partial charge in [0.25, 0.3) is 0 Å². The molecule has 0 amide bonds. The molecule has 0 bridgehead atoms. The number of hydrogen-bond acceptors (Lipinski definition) is 3. The summed E-state index contributed by atoms with van der Waals surface area (Å²) in [7, 11) is -3.03. The second-order valence-corrected chi connectivity index (χ2v) is 7.68. The van der Waals surface area contributed by atoms with Crippen molar-refractivity contribution >= 4 is 21.8 Å². The summed E-state index contributed by atoms with van der Waals surface area (Å²) in [5.41, 5.74) is 0.692. The SMILES string of the molecule is CSc1ccc(CN(C)S(=O)(=O)c2ccc(F)c(F)c2F)cc1. The minimum Gasteiger partial charge on any atom is -0.207 e. The first-order valence-electron chi connectivity index (χ1n) is 6.50. The molecule has 0 unspecified atom stereocenters. The monoisotopic (exact) mass is 361 g/mol. The molecule has 3 nitrogen and oxygen atoms in total. The van der Waals surface area contributed by atoms with Gasteiger partial charge < -0.3 is 0 Å². The van der Waals surface area contributed by atoms with Gasteiger partial charge in [-0.3, -0.25) is 0 Å². The largest absolute Gasteiger partial charge is 0.246 e. The molecule has 8 heteroatoms. The van der Waals surface area contributed by atoms with Gasteiger partial charge in [0.2, 0.25) is 10.0 Å². The van der Waals surface area contributed by atoms with Crippen LogP contribution in [0.5, 0.6) is 0 Å². The summed E-state index contributed by atoms with van der Waals surface area (Å²) in [5, 5.41) is 0. The fourth-order valence-electron chi connectivity index (χ4n) is 1.95. The molecule has 0 radical (unpaired) electrons. The first-order chi connectivity index (χ1) is 10.8. The van der Waals surface area contributed by atoms with E-state index in [1.807, 2.05) is 18.4 Å². The van der Waals surface area contributed by atoms with E-state index >= 15 is 0 Å². The number of thioether (sulfide) groups is 1. The Morgan fingerprint density at radius 1 is 1.00 bits per heavy atom. The number of sulfonamides is 1. The van der Waals surface area contributed by atoms with Gasteiger partial charge in [-0.2, -0.15) is 4.31 Å². The molecule has 0 atom stereocenters. The average molecular weight is 361 g/mol. The molecule has 23 heavy (non-hydrogen) atoms. The van der Waals surface area contributed by atoms with E-state index in [1.165, 1.54) is 7.05 Å². The zero-order valence-corrected chi connectivity index (χ0v) is 14.0. The zero-order chi connectivity index (χ0) is 17.2. The third kappa shape index (κ3) is 3.70. The van der Waals surface area contributed by atoms with Gasteiger partial charge in [0.15, 0.2) is 17.5 Å².